The van der Waals surface area contributed by atoms with E-state index in [9.17, 15) is 14.0 Å². The second-order valence-electron chi connectivity index (χ2n) is 7.26. The molecule has 0 saturated heterocycles. The van der Waals surface area contributed by atoms with Crippen LogP contribution in [0.2, 0.25) is 0 Å². The number of carbonyl (C=O) groups is 1. The van der Waals surface area contributed by atoms with Crippen LogP contribution in [0.5, 0.6) is 0 Å². The molecule has 1 saturated carbocycles. The van der Waals surface area contributed by atoms with Gasteiger partial charge in [-0.15, -0.1) is 0 Å². The Balaban J connectivity index is 1.69. The quantitative estimate of drug-likeness (QED) is 0.655. The van der Waals surface area contributed by atoms with Gasteiger partial charge in [0.1, 0.15) is 5.82 Å². The van der Waals surface area contributed by atoms with Crippen LogP contribution in [0.4, 0.5) is 15.8 Å². The maximum Gasteiger partial charge on any atom is 0.278 e. The first kappa shape index (κ1) is 19.1. The predicted octanol–water partition coefficient (Wildman–Crippen LogP) is 3.90. The number of rotatable bonds is 6. The molecule has 1 aromatic carbocycles. The zero-order chi connectivity index (χ0) is 19.7. The Labute approximate surface area is 170 Å². The van der Waals surface area contributed by atoms with Crippen LogP contribution in [-0.4, -0.2) is 17.1 Å². The summed E-state index contributed by atoms with van der Waals surface area (Å²) >= 11 is 3.22. The number of carbonyl (C=O) groups excluding carboxylic acids is 1. The van der Waals surface area contributed by atoms with Gasteiger partial charge in [-0.05, 0) is 56.2 Å². The average Bonchev–Trinajstić information content (AvgIpc) is 3.48. The van der Waals surface area contributed by atoms with E-state index in [0.717, 1.165) is 25.7 Å². The molecule has 148 valence electrons. The summed E-state index contributed by atoms with van der Waals surface area (Å²) in [5.74, 6) is -0.406. The van der Waals surface area contributed by atoms with Crippen molar-refractivity contribution in [2.75, 3.05) is 11.9 Å². The number of nitrogens with one attached hydrogen (secondary N) is 2. The van der Waals surface area contributed by atoms with Crippen LogP contribution in [0.1, 0.15) is 41.7 Å². The normalized spacial score (nSPS) is 15.8. The van der Waals surface area contributed by atoms with Gasteiger partial charge in [0.25, 0.3) is 11.5 Å². The zero-order valence-electron chi connectivity index (χ0n) is 15.3. The van der Waals surface area contributed by atoms with E-state index in [4.69, 9.17) is 4.84 Å². The summed E-state index contributed by atoms with van der Waals surface area (Å²) in [6, 6.07) is 5.93. The number of pyridine rings is 1. The highest BCUT2D eigenvalue weighted by atomic mass is 79.9. The topological polar surface area (TPSA) is 72.4 Å². The minimum Gasteiger partial charge on any atom is -0.352 e. The van der Waals surface area contributed by atoms with E-state index in [-0.39, 0.29) is 16.9 Å². The van der Waals surface area contributed by atoms with Gasteiger partial charge >= 0.3 is 0 Å². The smallest absolute Gasteiger partial charge is 0.278 e. The number of hydrogen-bond acceptors (Lipinski definition) is 4. The second-order valence-corrected chi connectivity index (χ2v) is 8.18. The van der Waals surface area contributed by atoms with E-state index in [0.29, 0.717) is 41.2 Å². The van der Waals surface area contributed by atoms with Crippen LogP contribution < -0.4 is 16.4 Å². The lowest BCUT2D eigenvalue weighted by atomic mass is 10.0. The van der Waals surface area contributed by atoms with Crippen molar-refractivity contribution < 1.29 is 14.0 Å². The molecular weight excluding hydrogens is 429 g/mol. The average molecular weight is 450 g/mol. The molecule has 6 nitrogen and oxygen atoms in total. The number of halogens is 2. The minimum absolute atomic E-state index is 0.191. The van der Waals surface area contributed by atoms with E-state index < -0.39 is 11.7 Å². The Hall–Kier alpha value is -2.19. The molecule has 1 aromatic heterocycles. The third kappa shape index (κ3) is 4.12. The second kappa shape index (κ2) is 8.05. The Kier molecular flexibility index (Phi) is 5.50. The third-order valence-corrected chi connectivity index (χ3v) is 5.56. The number of nitrogens with zero attached hydrogens (tertiary/aromatic N) is 1. The Bertz CT molecular complexity index is 972. The van der Waals surface area contributed by atoms with Gasteiger partial charge in [-0.2, -0.15) is 0 Å². The highest BCUT2D eigenvalue weighted by molar-refractivity contribution is 9.10. The van der Waals surface area contributed by atoms with Crippen LogP contribution in [-0.2, 0) is 17.8 Å². The molecule has 2 aliphatic rings. The Morgan fingerprint density at radius 3 is 2.82 bits per heavy atom. The number of hydrogen-bond donors (Lipinski definition) is 2. The first-order chi connectivity index (χ1) is 13.5. The molecule has 4 rings (SSSR count). The summed E-state index contributed by atoms with van der Waals surface area (Å²) in [7, 11) is 0. The standard InChI is InChI=1S/C20H21BrFN3O3/c21-13-6-7-15(14(22)9-13)23-16-10-18(26)25-8-2-1-3-17(25)19(16)20(27)24-28-11-12-4-5-12/h6-7,9-10,12,23H,1-5,8,11H2,(H,24,27). The highest BCUT2D eigenvalue weighted by Gasteiger charge is 2.26. The lowest BCUT2D eigenvalue weighted by Crippen LogP contribution is -2.33. The van der Waals surface area contributed by atoms with Crippen molar-refractivity contribution in [1.82, 2.24) is 10.0 Å². The van der Waals surface area contributed by atoms with Crippen LogP contribution in [0.3, 0.4) is 0 Å². The number of fused-ring (bicyclic) bond motifs is 1. The van der Waals surface area contributed by atoms with Gasteiger partial charge in [0.2, 0.25) is 0 Å². The van der Waals surface area contributed by atoms with E-state index in [1.165, 1.54) is 12.1 Å². The summed E-state index contributed by atoms with van der Waals surface area (Å²) in [4.78, 5) is 30.8. The number of amides is 1. The number of benzene rings is 1. The van der Waals surface area contributed by atoms with Crippen molar-refractivity contribution in [3.8, 4) is 0 Å². The van der Waals surface area contributed by atoms with E-state index in [1.807, 2.05) is 0 Å². The molecule has 1 aliphatic carbocycles. The summed E-state index contributed by atoms with van der Waals surface area (Å²) in [6.07, 6.45) is 4.61. The number of hydroxylamine groups is 1. The maximum absolute atomic E-state index is 14.3. The Morgan fingerprint density at radius 2 is 2.07 bits per heavy atom. The molecule has 2 heterocycles. The van der Waals surface area contributed by atoms with Gasteiger partial charge in [-0.3, -0.25) is 14.4 Å². The number of anilines is 2. The number of aromatic nitrogens is 1. The lowest BCUT2D eigenvalue weighted by molar-refractivity contribution is 0.0269. The molecule has 8 heteroatoms. The molecule has 1 aliphatic heterocycles. The lowest BCUT2D eigenvalue weighted by Gasteiger charge is -2.23. The van der Waals surface area contributed by atoms with Gasteiger partial charge in [0.15, 0.2) is 0 Å². The molecule has 0 bridgehead atoms. The molecule has 0 radical (unpaired) electrons. The molecular formula is C20H21BrFN3O3. The van der Waals surface area contributed by atoms with Crippen LogP contribution in [0, 0.1) is 11.7 Å². The van der Waals surface area contributed by atoms with Gasteiger partial charge in [-0.1, -0.05) is 15.9 Å². The fourth-order valence-corrected chi connectivity index (χ4v) is 3.75. The first-order valence-corrected chi connectivity index (χ1v) is 10.2. The summed E-state index contributed by atoms with van der Waals surface area (Å²) in [5, 5.41) is 2.93. The van der Waals surface area contributed by atoms with E-state index in [1.54, 1.807) is 16.7 Å². The predicted molar refractivity (Wildman–Crippen MR) is 107 cm³/mol. The Morgan fingerprint density at radius 1 is 1.25 bits per heavy atom. The van der Waals surface area contributed by atoms with Crippen LogP contribution >= 0.6 is 15.9 Å². The van der Waals surface area contributed by atoms with Crippen molar-refractivity contribution in [2.24, 2.45) is 5.92 Å². The van der Waals surface area contributed by atoms with E-state index >= 15 is 0 Å². The monoisotopic (exact) mass is 449 g/mol. The highest BCUT2D eigenvalue weighted by Crippen LogP contribution is 2.30. The molecule has 0 unspecified atom stereocenters. The van der Waals surface area contributed by atoms with E-state index in [2.05, 4.69) is 26.7 Å². The summed E-state index contributed by atoms with van der Waals surface area (Å²) in [5.41, 5.74) is 3.76. The molecule has 2 N–H and O–H groups in total. The van der Waals surface area contributed by atoms with Gasteiger partial charge in [0.05, 0.1) is 23.5 Å². The fourth-order valence-electron chi connectivity index (χ4n) is 3.41. The van der Waals surface area contributed by atoms with Crippen molar-refractivity contribution >= 4 is 33.2 Å². The largest absolute Gasteiger partial charge is 0.352 e. The summed E-state index contributed by atoms with van der Waals surface area (Å²) < 4.78 is 16.5. The molecule has 28 heavy (non-hydrogen) atoms. The maximum atomic E-state index is 14.3. The van der Waals surface area contributed by atoms with Crippen molar-refractivity contribution in [3.63, 3.8) is 0 Å². The SMILES string of the molecule is O=C(NOCC1CC1)c1c(Nc2ccc(Br)cc2F)cc(=O)n2c1CCCC2. The molecule has 2 aromatic rings. The van der Waals surface area contributed by atoms with Crippen molar-refractivity contribution in [1.29, 1.82) is 0 Å². The first-order valence-electron chi connectivity index (χ1n) is 9.44. The molecule has 0 atom stereocenters. The molecule has 1 amide bonds. The van der Waals surface area contributed by atoms with Crippen molar-refractivity contribution in [2.45, 2.75) is 38.6 Å². The van der Waals surface area contributed by atoms with Gasteiger partial charge in [0, 0.05) is 22.8 Å². The van der Waals surface area contributed by atoms with Crippen LogP contribution in [0.15, 0.2) is 33.5 Å². The molecule has 1 fully saturated rings. The van der Waals surface area contributed by atoms with Crippen LogP contribution in [0.25, 0.3) is 0 Å². The third-order valence-electron chi connectivity index (χ3n) is 5.07. The fraction of sp³-hybridized carbons (Fsp3) is 0.400. The molecule has 0 spiro atoms. The van der Waals surface area contributed by atoms with Crippen molar-refractivity contribution in [3.05, 3.63) is 56.2 Å². The van der Waals surface area contributed by atoms with Gasteiger partial charge < -0.3 is 9.88 Å². The zero-order valence-corrected chi connectivity index (χ0v) is 16.9. The van der Waals surface area contributed by atoms with Gasteiger partial charge in [-0.25, -0.2) is 9.87 Å². The minimum atomic E-state index is -0.483. The summed E-state index contributed by atoms with van der Waals surface area (Å²) in [6.45, 7) is 1.05.